The van der Waals surface area contributed by atoms with E-state index in [0.29, 0.717) is 24.3 Å². The maximum Gasteiger partial charge on any atom is 0.252 e. The summed E-state index contributed by atoms with van der Waals surface area (Å²) in [6.07, 6.45) is 0.969. The number of hydrogen-bond acceptors (Lipinski definition) is 7. The smallest absolute Gasteiger partial charge is 0.252 e. The highest BCUT2D eigenvalue weighted by Crippen LogP contribution is 2.26. The number of aromatic amines is 1. The standard InChI is InChI=1S/C14H20N6O2/c1-9-17-18-13(22-9)8-20-5-4-10(7-20)11-6-12(21)16-14(15-11)19(2)3/h6,10H,4-5,7-8H2,1-3H3,(H,15,16,21). The van der Waals surface area contributed by atoms with Crippen LogP contribution in [0, 0.1) is 6.92 Å². The van der Waals surface area contributed by atoms with Crippen molar-refractivity contribution in [2.45, 2.75) is 25.8 Å². The number of hydrogen-bond donors (Lipinski definition) is 1. The van der Waals surface area contributed by atoms with Crippen molar-refractivity contribution in [1.82, 2.24) is 25.1 Å². The van der Waals surface area contributed by atoms with Gasteiger partial charge in [-0.05, 0) is 13.0 Å². The van der Waals surface area contributed by atoms with Crippen LogP contribution in [0.25, 0.3) is 0 Å². The SMILES string of the molecule is Cc1nnc(CN2CCC(c3cc(=O)[nH]c(N(C)C)n3)C2)o1. The molecule has 0 radical (unpaired) electrons. The minimum atomic E-state index is -0.111. The van der Waals surface area contributed by atoms with Crippen LogP contribution in [0.2, 0.25) is 0 Å². The number of H-pyrrole nitrogens is 1. The number of anilines is 1. The van der Waals surface area contributed by atoms with Crippen molar-refractivity contribution in [3.8, 4) is 0 Å². The second-order valence-electron chi connectivity index (χ2n) is 5.82. The molecule has 0 saturated carbocycles. The van der Waals surface area contributed by atoms with Gasteiger partial charge in [-0.15, -0.1) is 10.2 Å². The van der Waals surface area contributed by atoms with Crippen LogP contribution in [0.1, 0.15) is 29.8 Å². The summed E-state index contributed by atoms with van der Waals surface area (Å²) in [5, 5.41) is 7.86. The van der Waals surface area contributed by atoms with Crippen LogP contribution >= 0.6 is 0 Å². The van der Waals surface area contributed by atoms with E-state index in [9.17, 15) is 4.79 Å². The van der Waals surface area contributed by atoms with Gasteiger partial charge >= 0.3 is 0 Å². The first-order valence-corrected chi connectivity index (χ1v) is 7.31. The monoisotopic (exact) mass is 304 g/mol. The fourth-order valence-corrected chi connectivity index (χ4v) is 2.69. The molecule has 8 nitrogen and oxygen atoms in total. The molecular formula is C14H20N6O2. The average molecular weight is 304 g/mol. The van der Waals surface area contributed by atoms with Gasteiger partial charge in [-0.3, -0.25) is 14.7 Å². The Bertz CT molecular complexity index is 707. The van der Waals surface area contributed by atoms with Crippen LogP contribution in [-0.2, 0) is 6.54 Å². The van der Waals surface area contributed by atoms with Gasteiger partial charge in [0.05, 0.1) is 12.2 Å². The normalized spacial score (nSPS) is 18.8. The molecule has 1 aliphatic rings. The predicted molar refractivity (Wildman–Crippen MR) is 80.9 cm³/mol. The maximum absolute atomic E-state index is 11.8. The number of aromatic nitrogens is 4. The topological polar surface area (TPSA) is 91.2 Å². The molecule has 2 aromatic rings. The average Bonchev–Trinajstić information content (AvgIpc) is 3.08. The molecule has 0 aliphatic carbocycles. The van der Waals surface area contributed by atoms with Crippen molar-refractivity contribution >= 4 is 5.95 Å². The Balaban J connectivity index is 1.71. The summed E-state index contributed by atoms with van der Waals surface area (Å²) in [6, 6.07) is 1.60. The number of aryl methyl sites for hydroxylation is 1. The fraction of sp³-hybridized carbons (Fsp3) is 0.571. The van der Waals surface area contributed by atoms with Crippen molar-refractivity contribution in [2.24, 2.45) is 0 Å². The molecule has 3 rings (SSSR count). The number of likely N-dealkylation sites (tertiary alicyclic amines) is 1. The molecule has 118 valence electrons. The van der Waals surface area contributed by atoms with Gasteiger partial charge in [-0.1, -0.05) is 0 Å². The highest BCUT2D eigenvalue weighted by atomic mass is 16.4. The first-order chi connectivity index (χ1) is 10.5. The second-order valence-corrected chi connectivity index (χ2v) is 5.82. The van der Waals surface area contributed by atoms with Crippen molar-refractivity contribution in [3.05, 3.63) is 33.9 Å². The maximum atomic E-state index is 11.8. The lowest BCUT2D eigenvalue weighted by Gasteiger charge is -2.15. The van der Waals surface area contributed by atoms with Gasteiger partial charge in [0.15, 0.2) is 0 Å². The molecule has 1 aliphatic heterocycles. The molecule has 22 heavy (non-hydrogen) atoms. The molecule has 1 fully saturated rings. The Morgan fingerprint density at radius 2 is 2.27 bits per heavy atom. The summed E-state index contributed by atoms with van der Waals surface area (Å²) < 4.78 is 5.41. The first-order valence-electron chi connectivity index (χ1n) is 7.31. The van der Waals surface area contributed by atoms with Gasteiger partial charge in [0.25, 0.3) is 5.56 Å². The number of nitrogens with one attached hydrogen (secondary N) is 1. The largest absolute Gasteiger partial charge is 0.424 e. The second kappa shape index (κ2) is 5.88. The van der Waals surface area contributed by atoms with Crippen LogP contribution in [-0.4, -0.2) is 52.3 Å². The predicted octanol–water partition coefficient (Wildman–Crippen LogP) is 0.517. The molecular weight excluding hydrogens is 284 g/mol. The number of nitrogens with zero attached hydrogens (tertiary/aromatic N) is 5. The quantitative estimate of drug-likeness (QED) is 0.880. The molecule has 0 amide bonds. The van der Waals surface area contributed by atoms with E-state index in [1.807, 2.05) is 14.1 Å². The Morgan fingerprint density at radius 1 is 1.45 bits per heavy atom. The molecule has 1 saturated heterocycles. The Morgan fingerprint density at radius 3 is 2.95 bits per heavy atom. The van der Waals surface area contributed by atoms with E-state index in [2.05, 4.69) is 25.1 Å². The minimum Gasteiger partial charge on any atom is -0.424 e. The Labute approximate surface area is 128 Å². The lowest BCUT2D eigenvalue weighted by molar-refractivity contribution is 0.284. The van der Waals surface area contributed by atoms with Crippen molar-refractivity contribution in [1.29, 1.82) is 0 Å². The van der Waals surface area contributed by atoms with Crippen molar-refractivity contribution < 1.29 is 4.42 Å². The van der Waals surface area contributed by atoms with E-state index >= 15 is 0 Å². The van der Waals surface area contributed by atoms with E-state index in [0.717, 1.165) is 25.2 Å². The van der Waals surface area contributed by atoms with Gasteiger partial charge in [0.1, 0.15) is 0 Å². The first kappa shape index (κ1) is 14.7. The lowest BCUT2D eigenvalue weighted by atomic mass is 10.1. The molecule has 0 aromatic carbocycles. The Hall–Kier alpha value is -2.22. The van der Waals surface area contributed by atoms with Gasteiger partial charge in [-0.2, -0.15) is 0 Å². The van der Waals surface area contributed by atoms with Crippen LogP contribution < -0.4 is 10.5 Å². The van der Waals surface area contributed by atoms with Gasteiger partial charge in [0, 0.05) is 39.5 Å². The van der Waals surface area contributed by atoms with Gasteiger partial charge in [0.2, 0.25) is 17.7 Å². The number of rotatable bonds is 4. The van der Waals surface area contributed by atoms with Crippen LogP contribution in [0.3, 0.4) is 0 Å². The van der Waals surface area contributed by atoms with E-state index in [1.54, 1.807) is 17.9 Å². The van der Waals surface area contributed by atoms with E-state index in [1.165, 1.54) is 0 Å². The van der Waals surface area contributed by atoms with E-state index in [4.69, 9.17) is 4.42 Å². The summed E-state index contributed by atoms with van der Waals surface area (Å²) in [5.74, 6) is 2.06. The van der Waals surface area contributed by atoms with Crippen LogP contribution in [0.15, 0.2) is 15.3 Å². The highest BCUT2D eigenvalue weighted by molar-refractivity contribution is 5.28. The third kappa shape index (κ3) is 3.16. The van der Waals surface area contributed by atoms with Crippen molar-refractivity contribution in [2.75, 3.05) is 32.1 Å². The molecule has 2 aromatic heterocycles. The summed E-state index contributed by atoms with van der Waals surface area (Å²) in [6.45, 7) is 4.19. The summed E-state index contributed by atoms with van der Waals surface area (Å²) in [4.78, 5) is 23.1. The highest BCUT2D eigenvalue weighted by Gasteiger charge is 2.26. The molecule has 8 heteroatoms. The van der Waals surface area contributed by atoms with Gasteiger partial charge < -0.3 is 9.32 Å². The summed E-state index contributed by atoms with van der Waals surface area (Å²) in [7, 11) is 3.72. The molecule has 1 N–H and O–H groups in total. The van der Waals surface area contributed by atoms with Crippen LogP contribution in [0.5, 0.6) is 0 Å². The lowest BCUT2D eigenvalue weighted by Crippen LogP contribution is -2.22. The summed E-state index contributed by atoms with van der Waals surface area (Å²) >= 11 is 0. The third-order valence-electron chi connectivity index (χ3n) is 3.79. The molecule has 0 bridgehead atoms. The zero-order valence-electron chi connectivity index (χ0n) is 13.0. The summed E-state index contributed by atoms with van der Waals surface area (Å²) in [5.41, 5.74) is 0.733. The van der Waals surface area contributed by atoms with Crippen molar-refractivity contribution in [3.63, 3.8) is 0 Å². The zero-order valence-corrected chi connectivity index (χ0v) is 13.0. The Kier molecular flexibility index (Phi) is 3.93. The zero-order chi connectivity index (χ0) is 15.7. The van der Waals surface area contributed by atoms with Gasteiger partial charge in [-0.25, -0.2) is 4.98 Å². The minimum absolute atomic E-state index is 0.111. The third-order valence-corrected chi connectivity index (χ3v) is 3.79. The molecule has 1 atom stereocenters. The van der Waals surface area contributed by atoms with Crippen LogP contribution in [0.4, 0.5) is 5.95 Å². The molecule has 0 spiro atoms. The fourth-order valence-electron chi connectivity index (χ4n) is 2.69. The molecule has 1 unspecified atom stereocenters. The van der Waals surface area contributed by atoms with E-state index < -0.39 is 0 Å². The van der Waals surface area contributed by atoms with E-state index in [-0.39, 0.29) is 11.5 Å². The molecule has 3 heterocycles.